The summed E-state index contributed by atoms with van der Waals surface area (Å²) in [7, 11) is 0. The van der Waals surface area contributed by atoms with E-state index in [0.717, 1.165) is 19.0 Å². The maximum absolute atomic E-state index is 9.54. The zero-order chi connectivity index (χ0) is 10.3. The van der Waals surface area contributed by atoms with E-state index in [2.05, 4.69) is 11.8 Å². The number of nitrogens with two attached hydrogens (primary N) is 1. The molecule has 1 heterocycles. The predicted octanol–water partition coefficient (Wildman–Crippen LogP) is 0.425. The number of likely N-dealkylation sites (tertiary alicyclic amines) is 1. The van der Waals surface area contributed by atoms with Gasteiger partial charge >= 0.3 is 0 Å². The highest BCUT2D eigenvalue weighted by Gasteiger charge is 2.42. The summed E-state index contributed by atoms with van der Waals surface area (Å²) in [5.74, 6) is 1.49. The second kappa shape index (κ2) is 3.80. The fourth-order valence-corrected chi connectivity index (χ4v) is 2.98. The highest BCUT2D eigenvalue weighted by molar-refractivity contribution is 4.97. The van der Waals surface area contributed by atoms with Crippen molar-refractivity contribution in [2.75, 3.05) is 13.1 Å². The molecular formula is C11H22N2O. The predicted molar refractivity (Wildman–Crippen MR) is 56.9 cm³/mol. The van der Waals surface area contributed by atoms with Gasteiger partial charge in [-0.25, -0.2) is 0 Å². The van der Waals surface area contributed by atoms with Gasteiger partial charge in [0, 0.05) is 25.2 Å². The fourth-order valence-electron chi connectivity index (χ4n) is 2.98. The van der Waals surface area contributed by atoms with Crippen LogP contribution in [0, 0.1) is 11.8 Å². The molecule has 1 saturated carbocycles. The molecule has 3 N–H and O–H groups in total. The van der Waals surface area contributed by atoms with Crippen molar-refractivity contribution >= 4 is 0 Å². The van der Waals surface area contributed by atoms with E-state index in [1.807, 2.05) is 6.92 Å². The van der Waals surface area contributed by atoms with Crippen LogP contribution in [0.4, 0.5) is 0 Å². The number of fused-ring (bicyclic) bond motifs is 1. The molecule has 1 aliphatic carbocycles. The first-order valence-electron chi connectivity index (χ1n) is 5.77. The van der Waals surface area contributed by atoms with Gasteiger partial charge in [0.2, 0.25) is 0 Å². The van der Waals surface area contributed by atoms with Gasteiger partial charge in [-0.2, -0.15) is 0 Å². The maximum atomic E-state index is 9.54. The van der Waals surface area contributed by atoms with Crippen LogP contribution in [0.3, 0.4) is 0 Å². The molecule has 0 aromatic rings. The Balaban J connectivity index is 1.95. The van der Waals surface area contributed by atoms with Gasteiger partial charge in [0.1, 0.15) is 0 Å². The molecule has 0 bridgehead atoms. The first kappa shape index (κ1) is 10.4. The standard InChI is InChI=1S/C11H22N2O/c1-7(8(2)14)13-5-9-3-4-11(12)10(9)6-13/h7-11,14H,3-6,12H2,1-2H3. The van der Waals surface area contributed by atoms with E-state index in [-0.39, 0.29) is 12.1 Å². The van der Waals surface area contributed by atoms with E-state index in [4.69, 9.17) is 5.73 Å². The van der Waals surface area contributed by atoms with Crippen LogP contribution in [0.15, 0.2) is 0 Å². The van der Waals surface area contributed by atoms with Gasteiger partial charge in [-0.3, -0.25) is 4.90 Å². The zero-order valence-corrected chi connectivity index (χ0v) is 9.19. The number of hydrogen-bond acceptors (Lipinski definition) is 3. The summed E-state index contributed by atoms with van der Waals surface area (Å²) >= 11 is 0. The summed E-state index contributed by atoms with van der Waals surface area (Å²) < 4.78 is 0. The highest BCUT2D eigenvalue weighted by atomic mass is 16.3. The number of nitrogens with zero attached hydrogens (tertiary/aromatic N) is 1. The van der Waals surface area contributed by atoms with Crippen molar-refractivity contribution in [1.29, 1.82) is 0 Å². The Morgan fingerprint density at radius 1 is 1.29 bits per heavy atom. The van der Waals surface area contributed by atoms with E-state index in [1.54, 1.807) is 0 Å². The van der Waals surface area contributed by atoms with Gasteiger partial charge < -0.3 is 10.8 Å². The smallest absolute Gasteiger partial charge is 0.0664 e. The minimum Gasteiger partial charge on any atom is -0.392 e. The summed E-state index contributed by atoms with van der Waals surface area (Å²) in [5, 5.41) is 9.54. The van der Waals surface area contributed by atoms with E-state index < -0.39 is 0 Å². The molecule has 5 atom stereocenters. The van der Waals surface area contributed by atoms with Crippen molar-refractivity contribution in [3.8, 4) is 0 Å². The molecule has 82 valence electrons. The molecule has 3 nitrogen and oxygen atoms in total. The highest BCUT2D eigenvalue weighted by Crippen LogP contribution is 2.38. The lowest BCUT2D eigenvalue weighted by Gasteiger charge is -2.27. The molecule has 0 aromatic carbocycles. The molecule has 0 aromatic heterocycles. The number of hydrogen-bond donors (Lipinski definition) is 2. The Labute approximate surface area is 86.3 Å². The van der Waals surface area contributed by atoms with Gasteiger partial charge in [0.15, 0.2) is 0 Å². The number of aliphatic hydroxyl groups excluding tert-OH is 1. The van der Waals surface area contributed by atoms with Crippen molar-refractivity contribution < 1.29 is 5.11 Å². The molecule has 5 unspecified atom stereocenters. The molecule has 0 amide bonds. The van der Waals surface area contributed by atoms with E-state index in [1.165, 1.54) is 12.8 Å². The molecule has 1 aliphatic heterocycles. The van der Waals surface area contributed by atoms with Gasteiger partial charge in [-0.15, -0.1) is 0 Å². The van der Waals surface area contributed by atoms with Gasteiger partial charge in [-0.05, 0) is 38.5 Å². The molecule has 0 radical (unpaired) electrons. The number of aliphatic hydroxyl groups is 1. The third-order valence-electron chi connectivity index (χ3n) is 4.21. The molecule has 14 heavy (non-hydrogen) atoms. The van der Waals surface area contributed by atoms with Crippen LogP contribution in [0.1, 0.15) is 26.7 Å². The molecule has 2 aliphatic rings. The minimum atomic E-state index is -0.231. The van der Waals surface area contributed by atoms with Crippen LogP contribution in [0.5, 0.6) is 0 Å². The van der Waals surface area contributed by atoms with E-state index in [0.29, 0.717) is 12.0 Å². The summed E-state index contributed by atoms with van der Waals surface area (Å²) in [6.07, 6.45) is 2.26. The van der Waals surface area contributed by atoms with Crippen LogP contribution in [-0.2, 0) is 0 Å². The molecule has 0 spiro atoms. The Hall–Kier alpha value is -0.120. The van der Waals surface area contributed by atoms with Crippen LogP contribution in [-0.4, -0.2) is 41.3 Å². The molecule has 3 heteroatoms. The third kappa shape index (κ3) is 1.69. The van der Waals surface area contributed by atoms with Crippen molar-refractivity contribution in [3.05, 3.63) is 0 Å². The summed E-state index contributed by atoms with van der Waals surface area (Å²) in [6, 6.07) is 0.694. The molecule has 1 saturated heterocycles. The van der Waals surface area contributed by atoms with Crippen LogP contribution >= 0.6 is 0 Å². The summed E-state index contributed by atoms with van der Waals surface area (Å²) in [6.45, 7) is 6.22. The van der Waals surface area contributed by atoms with Crippen molar-refractivity contribution in [1.82, 2.24) is 4.90 Å². The number of rotatable bonds is 2. The Morgan fingerprint density at radius 2 is 2.00 bits per heavy atom. The maximum Gasteiger partial charge on any atom is 0.0664 e. The average Bonchev–Trinajstić information content (AvgIpc) is 2.67. The lowest BCUT2D eigenvalue weighted by molar-refractivity contribution is 0.0802. The van der Waals surface area contributed by atoms with Crippen molar-refractivity contribution in [2.45, 2.75) is 44.9 Å². The normalized spacial score (nSPS) is 42.4. The molecule has 2 fully saturated rings. The minimum absolute atomic E-state index is 0.231. The molecular weight excluding hydrogens is 176 g/mol. The SMILES string of the molecule is CC(O)C(C)N1CC2CCC(N)C2C1. The van der Waals surface area contributed by atoms with Crippen LogP contribution in [0.2, 0.25) is 0 Å². The van der Waals surface area contributed by atoms with Crippen LogP contribution < -0.4 is 5.73 Å². The van der Waals surface area contributed by atoms with Crippen molar-refractivity contribution in [2.24, 2.45) is 17.6 Å². The van der Waals surface area contributed by atoms with Crippen LogP contribution in [0.25, 0.3) is 0 Å². The lowest BCUT2D eigenvalue weighted by Crippen LogP contribution is -2.40. The van der Waals surface area contributed by atoms with Gasteiger partial charge in [-0.1, -0.05) is 0 Å². The zero-order valence-electron chi connectivity index (χ0n) is 9.19. The second-order valence-electron chi connectivity index (χ2n) is 5.10. The fraction of sp³-hybridized carbons (Fsp3) is 1.00. The summed E-state index contributed by atoms with van der Waals surface area (Å²) in [4.78, 5) is 2.40. The van der Waals surface area contributed by atoms with E-state index >= 15 is 0 Å². The van der Waals surface area contributed by atoms with E-state index in [9.17, 15) is 5.11 Å². The lowest BCUT2D eigenvalue weighted by atomic mass is 9.98. The monoisotopic (exact) mass is 198 g/mol. The average molecular weight is 198 g/mol. The van der Waals surface area contributed by atoms with Crippen molar-refractivity contribution in [3.63, 3.8) is 0 Å². The van der Waals surface area contributed by atoms with Gasteiger partial charge in [0.25, 0.3) is 0 Å². The largest absolute Gasteiger partial charge is 0.392 e. The Kier molecular flexibility index (Phi) is 2.82. The quantitative estimate of drug-likeness (QED) is 0.676. The topological polar surface area (TPSA) is 49.5 Å². The molecule has 2 rings (SSSR count). The Bertz CT molecular complexity index is 207. The van der Waals surface area contributed by atoms with Gasteiger partial charge in [0.05, 0.1) is 6.10 Å². The Morgan fingerprint density at radius 3 is 2.57 bits per heavy atom. The third-order valence-corrected chi connectivity index (χ3v) is 4.21. The first-order chi connectivity index (χ1) is 6.59. The summed E-state index contributed by atoms with van der Waals surface area (Å²) in [5.41, 5.74) is 6.07. The second-order valence-corrected chi connectivity index (χ2v) is 5.10. The first-order valence-corrected chi connectivity index (χ1v) is 5.77.